The third-order valence-corrected chi connectivity index (χ3v) is 4.54. The number of nitrogens with one attached hydrogen (secondary N) is 1. The zero-order valence-corrected chi connectivity index (χ0v) is 13.8. The van der Waals surface area contributed by atoms with Crippen molar-refractivity contribution in [3.63, 3.8) is 0 Å². The van der Waals surface area contributed by atoms with E-state index in [0.29, 0.717) is 6.42 Å². The maximum Gasteiger partial charge on any atom is 0.306 e. The monoisotopic (exact) mass is 345 g/mol. The molecule has 1 aromatic carbocycles. The third kappa shape index (κ3) is 6.45. The number of rotatable bonds is 8. The van der Waals surface area contributed by atoms with Crippen LogP contribution in [0.1, 0.15) is 25.3 Å². The molecule has 0 heterocycles. The molecule has 0 aliphatic rings. The van der Waals surface area contributed by atoms with Crippen molar-refractivity contribution in [2.24, 2.45) is 0 Å². The van der Waals surface area contributed by atoms with E-state index < -0.39 is 0 Å². The highest BCUT2D eigenvalue weighted by Crippen LogP contribution is 2.28. The number of carbonyl (C=O) groups is 1. The Bertz CT molecular complexity index is 412. The van der Waals surface area contributed by atoms with Crippen LogP contribution in [0, 0.1) is 0 Å². The second-order valence-corrected chi connectivity index (χ2v) is 6.11. The summed E-state index contributed by atoms with van der Waals surface area (Å²) >= 11 is 5.24. The highest BCUT2D eigenvalue weighted by Gasteiger charge is 2.05. The van der Waals surface area contributed by atoms with E-state index in [2.05, 4.69) is 51.1 Å². The van der Waals surface area contributed by atoms with E-state index in [4.69, 9.17) is 0 Å². The van der Waals surface area contributed by atoms with Crippen LogP contribution >= 0.6 is 27.7 Å². The van der Waals surface area contributed by atoms with E-state index in [0.717, 1.165) is 34.6 Å². The number of hydrogen-bond donors (Lipinski definition) is 1. The van der Waals surface area contributed by atoms with Crippen molar-refractivity contribution in [2.75, 3.05) is 19.4 Å². The standard InChI is InChI=1S/C14H20BrNO2S/c1-3-7-16-10-11-4-5-13(12(15)9-11)19-8-6-14(17)18-2/h4-5,9,16H,3,6-8,10H2,1-2H3. The lowest BCUT2D eigenvalue weighted by Crippen LogP contribution is -2.13. The Morgan fingerprint density at radius 2 is 2.26 bits per heavy atom. The van der Waals surface area contributed by atoms with Gasteiger partial charge in [-0.1, -0.05) is 13.0 Å². The van der Waals surface area contributed by atoms with E-state index in [1.54, 1.807) is 11.8 Å². The molecule has 1 rings (SSSR count). The number of methoxy groups -OCH3 is 1. The van der Waals surface area contributed by atoms with Gasteiger partial charge in [-0.05, 0) is 46.6 Å². The van der Waals surface area contributed by atoms with Crippen molar-refractivity contribution in [2.45, 2.75) is 31.2 Å². The van der Waals surface area contributed by atoms with Gasteiger partial charge < -0.3 is 10.1 Å². The van der Waals surface area contributed by atoms with Gasteiger partial charge in [-0.2, -0.15) is 0 Å². The van der Waals surface area contributed by atoms with Crippen LogP contribution in [0.3, 0.4) is 0 Å². The van der Waals surface area contributed by atoms with E-state index in [-0.39, 0.29) is 5.97 Å². The van der Waals surface area contributed by atoms with E-state index in [1.807, 2.05) is 0 Å². The molecule has 0 spiro atoms. The van der Waals surface area contributed by atoms with Crippen LogP contribution in [0.5, 0.6) is 0 Å². The van der Waals surface area contributed by atoms with Crippen molar-refractivity contribution < 1.29 is 9.53 Å². The molecule has 3 nitrogen and oxygen atoms in total. The molecular weight excluding hydrogens is 326 g/mol. The number of hydrogen-bond acceptors (Lipinski definition) is 4. The Hall–Kier alpha value is -0.520. The highest BCUT2D eigenvalue weighted by molar-refractivity contribution is 9.10. The lowest BCUT2D eigenvalue weighted by molar-refractivity contribution is -0.140. The van der Waals surface area contributed by atoms with Gasteiger partial charge in [0, 0.05) is 21.7 Å². The molecule has 0 aliphatic heterocycles. The van der Waals surface area contributed by atoms with Crippen molar-refractivity contribution in [1.82, 2.24) is 5.32 Å². The molecule has 0 fully saturated rings. The molecule has 0 atom stereocenters. The minimum absolute atomic E-state index is 0.163. The number of carbonyl (C=O) groups excluding carboxylic acids is 1. The summed E-state index contributed by atoms with van der Waals surface area (Å²) in [7, 11) is 1.42. The van der Waals surface area contributed by atoms with Gasteiger partial charge in [-0.3, -0.25) is 4.79 Å². The summed E-state index contributed by atoms with van der Waals surface area (Å²) in [5, 5.41) is 3.37. The van der Waals surface area contributed by atoms with Crippen molar-refractivity contribution in [3.05, 3.63) is 28.2 Å². The third-order valence-electron chi connectivity index (χ3n) is 2.54. The van der Waals surface area contributed by atoms with Gasteiger partial charge >= 0.3 is 5.97 Å². The molecule has 5 heteroatoms. The van der Waals surface area contributed by atoms with Crippen LogP contribution in [-0.4, -0.2) is 25.4 Å². The molecule has 1 aromatic rings. The second kappa shape index (κ2) is 9.39. The van der Waals surface area contributed by atoms with Crippen LogP contribution in [0.25, 0.3) is 0 Å². The average Bonchev–Trinajstić information content (AvgIpc) is 2.41. The van der Waals surface area contributed by atoms with Gasteiger partial charge in [-0.15, -0.1) is 11.8 Å². The summed E-state index contributed by atoms with van der Waals surface area (Å²) in [6.45, 7) is 4.08. The first-order valence-electron chi connectivity index (χ1n) is 6.36. The number of ether oxygens (including phenoxy) is 1. The average molecular weight is 346 g/mol. The second-order valence-electron chi connectivity index (χ2n) is 4.12. The molecule has 0 saturated heterocycles. The zero-order valence-electron chi connectivity index (χ0n) is 11.4. The normalized spacial score (nSPS) is 10.5. The molecule has 1 N–H and O–H groups in total. The molecule has 0 radical (unpaired) electrons. The van der Waals surface area contributed by atoms with E-state index in [1.165, 1.54) is 12.7 Å². The van der Waals surface area contributed by atoms with Crippen molar-refractivity contribution in [1.29, 1.82) is 0 Å². The molecule has 106 valence electrons. The molecular formula is C14H20BrNO2S. The van der Waals surface area contributed by atoms with Crippen molar-refractivity contribution in [3.8, 4) is 0 Å². The number of halogens is 1. The largest absolute Gasteiger partial charge is 0.469 e. The lowest BCUT2D eigenvalue weighted by Gasteiger charge is -2.08. The molecule has 0 amide bonds. The fraction of sp³-hybridized carbons (Fsp3) is 0.500. The Morgan fingerprint density at radius 1 is 1.47 bits per heavy atom. The van der Waals surface area contributed by atoms with Gasteiger partial charge in [0.15, 0.2) is 0 Å². The summed E-state index contributed by atoms with van der Waals surface area (Å²) in [4.78, 5) is 12.2. The molecule has 0 aliphatic carbocycles. The SMILES string of the molecule is CCCNCc1ccc(SCCC(=O)OC)c(Br)c1. The van der Waals surface area contributed by atoms with Gasteiger partial charge in [0.1, 0.15) is 0 Å². The maximum absolute atomic E-state index is 11.0. The smallest absolute Gasteiger partial charge is 0.306 e. The van der Waals surface area contributed by atoms with Crippen LogP contribution in [0.4, 0.5) is 0 Å². The highest BCUT2D eigenvalue weighted by atomic mass is 79.9. The number of thioether (sulfide) groups is 1. The van der Waals surface area contributed by atoms with Gasteiger partial charge in [0.05, 0.1) is 13.5 Å². The lowest BCUT2D eigenvalue weighted by atomic mass is 10.2. The van der Waals surface area contributed by atoms with E-state index >= 15 is 0 Å². The molecule has 0 unspecified atom stereocenters. The minimum Gasteiger partial charge on any atom is -0.469 e. The van der Waals surface area contributed by atoms with E-state index in [9.17, 15) is 4.79 Å². The maximum atomic E-state index is 11.0. The van der Waals surface area contributed by atoms with Crippen LogP contribution < -0.4 is 5.32 Å². The Labute approximate surface area is 127 Å². The Balaban J connectivity index is 2.45. The summed E-state index contributed by atoms with van der Waals surface area (Å²) in [6.07, 6.45) is 1.58. The quantitative estimate of drug-likeness (QED) is 0.443. The first kappa shape index (κ1) is 16.5. The first-order valence-corrected chi connectivity index (χ1v) is 8.14. The fourth-order valence-corrected chi connectivity index (χ4v) is 3.15. The summed E-state index contributed by atoms with van der Waals surface area (Å²) in [6, 6.07) is 6.34. The minimum atomic E-state index is -0.163. The summed E-state index contributed by atoms with van der Waals surface area (Å²) in [5.74, 6) is 0.572. The molecule has 19 heavy (non-hydrogen) atoms. The fourth-order valence-electron chi connectivity index (χ4n) is 1.53. The summed E-state index contributed by atoms with van der Waals surface area (Å²) < 4.78 is 5.70. The Kier molecular flexibility index (Phi) is 8.18. The molecule has 0 saturated carbocycles. The van der Waals surface area contributed by atoms with Gasteiger partial charge in [0.25, 0.3) is 0 Å². The predicted molar refractivity (Wildman–Crippen MR) is 83.5 cm³/mol. The van der Waals surface area contributed by atoms with Gasteiger partial charge in [0.2, 0.25) is 0 Å². The zero-order chi connectivity index (χ0) is 14.1. The van der Waals surface area contributed by atoms with Crippen LogP contribution in [0.15, 0.2) is 27.6 Å². The molecule has 0 aromatic heterocycles. The first-order chi connectivity index (χ1) is 9.17. The van der Waals surface area contributed by atoms with Gasteiger partial charge in [-0.25, -0.2) is 0 Å². The van der Waals surface area contributed by atoms with Crippen LogP contribution in [-0.2, 0) is 16.1 Å². The topological polar surface area (TPSA) is 38.3 Å². The van der Waals surface area contributed by atoms with Crippen LogP contribution in [0.2, 0.25) is 0 Å². The predicted octanol–water partition coefficient (Wildman–Crippen LogP) is 3.60. The summed E-state index contributed by atoms with van der Waals surface area (Å²) in [5.41, 5.74) is 1.26. The Morgan fingerprint density at radius 3 is 2.89 bits per heavy atom. The number of esters is 1. The number of benzene rings is 1. The molecule has 0 bridgehead atoms. The van der Waals surface area contributed by atoms with Crippen molar-refractivity contribution >= 4 is 33.7 Å².